The van der Waals surface area contributed by atoms with Crippen molar-refractivity contribution in [2.75, 3.05) is 18.8 Å². The second-order valence-corrected chi connectivity index (χ2v) is 8.56. The van der Waals surface area contributed by atoms with E-state index in [0.29, 0.717) is 30.8 Å². The molecule has 2 saturated heterocycles. The van der Waals surface area contributed by atoms with Crippen molar-refractivity contribution in [2.45, 2.75) is 49.8 Å². The Kier molecular flexibility index (Phi) is 6.24. The number of hydrogen-bond acceptors (Lipinski definition) is 4. The van der Waals surface area contributed by atoms with Crippen molar-refractivity contribution in [1.82, 2.24) is 15.5 Å². The first-order chi connectivity index (χ1) is 13.2. The lowest BCUT2D eigenvalue weighted by Crippen LogP contribution is -2.54. The molecule has 2 heterocycles. The van der Waals surface area contributed by atoms with Crippen LogP contribution in [0.3, 0.4) is 0 Å². The van der Waals surface area contributed by atoms with Crippen LogP contribution in [0.1, 0.15) is 37.3 Å². The second kappa shape index (κ2) is 8.32. The third-order valence-corrected chi connectivity index (χ3v) is 6.81. The predicted octanol–water partition coefficient (Wildman–Crippen LogP) is 2.76. The quantitative estimate of drug-likeness (QED) is 0.794. The zero-order valence-electron chi connectivity index (χ0n) is 15.6. The number of nitrogens with one attached hydrogen (secondary N) is 2. The van der Waals surface area contributed by atoms with Crippen LogP contribution in [0.15, 0.2) is 24.3 Å². The highest BCUT2D eigenvalue weighted by Gasteiger charge is 2.44. The van der Waals surface area contributed by atoms with Gasteiger partial charge in [-0.3, -0.25) is 14.9 Å². The van der Waals surface area contributed by atoms with Crippen LogP contribution in [-0.2, 0) is 22.3 Å². The van der Waals surface area contributed by atoms with Crippen LogP contribution < -0.4 is 10.6 Å². The number of halogens is 3. The summed E-state index contributed by atoms with van der Waals surface area (Å²) in [5, 5.41) is 6.12. The monoisotopic (exact) mass is 415 g/mol. The lowest BCUT2D eigenvalue weighted by molar-refractivity contribution is -0.137. The molecule has 2 fully saturated rings. The molecule has 1 atom stereocenters. The van der Waals surface area contributed by atoms with Crippen molar-refractivity contribution in [3.8, 4) is 0 Å². The van der Waals surface area contributed by atoms with Crippen molar-refractivity contribution in [3.05, 3.63) is 35.4 Å². The maximum absolute atomic E-state index is 12.8. The summed E-state index contributed by atoms with van der Waals surface area (Å²) >= 11 is 1.69. The molecule has 2 aliphatic rings. The highest BCUT2D eigenvalue weighted by atomic mass is 32.2. The fraction of sp³-hybridized carbons (Fsp3) is 0.579. The van der Waals surface area contributed by atoms with Crippen LogP contribution in [0.25, 0.3) is 0 Å². The molecule has 0 saturated carbocycles. The maximum atomic E-state index is 12.8. The molecule has 2 aliphatic heterocycles. The number of carbonyl (C=O) groups excluding carboxylic acids is 2. The van der Waals surface area contributed by atoms with Gasteiger partial charge in [0.25, 0.3) is 0 Å². The Morgan fingerprint density at radius 1 is 1.32 bits per heavy atom. The van der Waals surface area contributed by atoms with Gasteiger partial charge in [0.1, 0.15) is 0 Å². The first-order valence-electron chi connectivity index (χ1n) is 9.36. The molecule has 1 aromatic carbocycles. The second-order valence-electron chi connectivity index (χ2n) is 7.15. The Morgan fingerprint density at radius 2 is 2.04 bits per heavy atom. The van der Waals surface area contributed by atoms with Gasteiger partial charge in [-0.25, -0.2) is 0 Å². The Labute approximate surface area is 166 Å². The van der Waals surface area contributed by atoms with Gasteiger partial charge in [0, 0.05) is 31.8 Å². The van der Waals surface area contributed by atoms with E-state index in [-0.39, 0.29) is 29.3 Å². The van der Waals surface area contributed by atoms with Crippen LogP contribution in [0.4, 0.5) is 13.2 Å². The summed E-state index contributed by atoms with van der Waals surface area (Å²) in [6.07, 6.45) is -2.35. The SMILES string of the molecule is CCC(=O)N1CCC2(CC1)NC(C(=O)NCc1cccc(C(F)(F)F)c1)CS2. The van der Waals surface area contributed by atoms with Gasteiger partial charge in [0.05, 0.1) is 16.5 Å². The van der Waals surface area contributed by atoms with E-state index in [2.05, 4.69) is 10.6 Å². The number of likely N-dealkylation sites (tertiary alicyclic amines) is 1. The van der Waals surface area contributed by atoms with E-state index in [1.54, 1.807) is 17.8 Å². The van der Waals surface area contributed by atoms with E-state index in [1.807, 2.05) is 11.8 Å². The molecule has 1 aromatic rings. The molecule has 9 heteroatoms. The summed E-state index contributed by atoms with van der Waals surface area (Å²) in [4.78, 5) is 25.9. The first kappa shape index (κ1) is 21.0. The molecule has 154 valence electrons. The molecule has 2 amide bonds. The molecule has 0 radical (unpaired) electrons. The maximum Gasteiger partial charge on any atom is 0.416 e. The lowest BCUT2D eigenvalue weighted by atomic mass is 10.0. The zero-order valence-corrected chi connectivity index (χ0v) is 16.5. The average Bonchev–Trinajstić information content (AvgIpc) is 3.09. The van der Waals surface area contributed by atoms with Crippen LogP contribution in [0.5, 0.6) is 0 Å². The van der Waals surface area contributed by atoms with Gasteiger partial charge in [0.15, 0.2) is 0 Å². The number of piperidine rings is 1. The van der Waals surface area contributed by atoms with Gasteiger partial charge in [-0.2, -0.15) is 13.2 Å². The van der Waals surface area contributed by atoms with Crippen molar-refractivity contribution in [3.63, 3.8) is 0 Å². The minimum absolute atomic E-state index is 0.0530. The number of carbonyl (C=O) groups is 2. The van der Waals surface area contributed by atoms with Crippen LogP contribution in [0, 0.1) is 0 Å². The first-order valence-corrected chi connectivity index (χ1v) is 10.3. The summed E-state index contributed by atoms with van der Waals surface area (Å²) in [6, 6.07) is 4.59. The van der Waals surface area contributed by atoms with Gasteiger partial charge < -0.3 is 10.2 Å². The molecule has 0 aromatic heterocycles. The van der Waals surface area contributed by atoms with E-state index in [1.165, 1.54) is 6.07 Å². The average molecular weight is 415 g/mol. The molecular weight excluding hydrogens is 391 g/mol. The molecule has 0 aliphatic carbocycles. The fourth-order valence-electron chi connectivity index (χ4n) is 3.58. The fourth-order valence-corrected chi connectivity index (χ4v) is 5.00. The Balaban J connectivity index is 1.51. The lowest BCUT2D eigenvalue weighted by Gasteiger charge is -2.39. The van der Waals surface area contributed by atoms with Gasteiger partial charge in [-0.05, 0) is 30.5 Å². The third-order valence-electron chi connectivity index (χ3n) is 5.23. The summed E-state index contributed by atoms with van der Waals surface area (Å²) in [7, 11) is 0. The van der Waals surface area contributed by atoms with Gasteiger partial charge >= 0.3 is 6.18 Å². The van der Waals surface area contributed by atoms with Crippen LogP contribution in [-0.4, -0.2) is 46.5 Å². The van der Waals surface area contributed by atoms with Gasteiger partial charge in [-0.1, -0.05) is 19.1 Å². The van der Waals surface area contributed by atoms with Crippen LogP contribution >= 0.6 is 11.8 Å². The van der Waals surface area contributed by atoms with E-state index in [4.69, 9.17) is 0 Å². The molecule has 1 unspecified atom stereocenters. The number of thioether (sulfide) groups is 1. The third kappa shape index (κ3) is 4.81. The number of rotatable bonds is 4. The minimum atomic E-state index is -4.40. The largest absolute Gasteiger partial charge is 0.416 e. The number of benzene rings is 1. The van der Waals surface area contributed by atoms with E-state index < -0.39 is 11.7 Å². The van der Waals surface area contributed by atoms with Gasteiger partial charge in [-0.15, -0.1) is 11.8 Å². The Hall–Kier alpha value is -1.74. The summed E-state index contributed by atoms with van der Waals surface area (Å²) in [5.74, 6) is 0.540. The highest BCUT2D eigenvalue weighted by molar-refractivity contribution is 8.01. The summed E-state index contributed by atoms with van der Waals surface area (Å²) in [5.41, 5.74) is -0.309. The van der Waals surface area contributed by atoms with E-state index >= 15 is 0 Å². The summed E-state index contributed by atoms with van der Waals surface area (Å²) in [6.45, 7) is 3.24. The van der Waals surface area contributed by atoms with Crippen molar-refractivity contribution < 1.29 is 22.8 Å². The minimum Gasteiger partial charge on any atom is -0.351 e. The van der Waals surface area contributed by atoms with Crippen LogP contribution in [0.2, 0.25) is 0 Å². The van der Waals surface area contributed by atoms with Crippen molar-refractivity contribution in [1.29, 1.82) is 0 Å². The van der Waals surface area contributed by atoms with E-state index in [0.717, 1.165) is 25.0 Å². The van der Waals surface area contributed by atoms with Crippen molar-refractivity contribution >= 4 is 23.6 Å². The van der Waals surface area contributed by atoms with Gasteiger partial charge in [0.2, 0.25) is 11.8 Å². The highest BCUT2D eigenvalue weighted by Crippen LogP contribution is 2.39. The number of alkyl halides is 3. The molecule has 3 rings (SSSR count). The number of amides is 2. The molecule has 5 nitrogen and oxygen atoms in total. The number of hydrogen-bond donors (Lipinski definition) is 2. The molecule has 0 bridgehead atoms. The van der Waals surface area contributed by atoms with Crippen molar-refractivity contribution in [2.24, 2.45) is 0 Å². The Morgan fingerprint density at radius 3 is 2.68 bits per heavy atom. The van der Waals surface area contributed by atoms with E-state index in [9.17, 15) is 22.8 Å². The Bertz CT molecular complexity index is 733. The number of nitrogens with zero attached hydrogens (tertiary/aromatic N) is 1. The molecule has 2 N–H and O–H groups in total. The summed E-state index contributed by atoms with van der Waals surface area (Å²) < 4.78 is 38.4. The zero-order chi connectivity index (χ0) is 20.4. The topological polar surface area (TPSA) is 61.4 Å². The molecule has 1 spiro atoms. The smallest absolute Gasteiger partial charge is 0.351 e. The standard InChI is InChI=1S/C19H24F3N3O2S/c1-2-16(26)25-8-6-18(7-9-25)24-15(12-28-18)17(27)23-11-13-4-3-5-14(10-13)19(20,21)22/h3-5,10,15,24H,2,6-9,11-12H2,1H3,(H,23,27). The predicted molar refractivity (Wildman–Crippen MR) is 102 cm³/mol. The molecule has 28 heavy (non-hydrogen) atoms. The molecular formula is C19H24F3N3O2S. The normalized spacial score (nSPS) is 21.7.